The highest BCUT2D eigenvalue weighted by Gasteiger charge is 2.18. The molecule has 1 aromatic carbocycles. The van der Waals surface area contributed by atoms with E-state index < -0.39 is 5.91 Å². The predicted octanol–water partition coefficient (Wildman–Crippen LogP) is 2.55. The summed E-state index contributed by atoms with van der Waals surface area (Å²) < 4.78 is 10.9. The lowest BCUT2D eigenvalue weighted by Crippen LogP contribution is -2.36. The van der Waals surface area contributed by atoms with Gasteiger partial charge in [-0.05, 0) is 36.4 Å². The number of benzene rings is 1. The lowest BCUT2D eigenvalue weighted by atomic mass is 10.1. The monoisotopic (exact) mass is 472 g/mol. The number of ether oxygens (including phenoxy) is 2. The highest BCUT2D eigenvalue weighted by Crippen LogP contribution is 2.32. The fourth-order valence-electron chi connectivity index (χ4n) is 4.86. The first-order valence-corrected chi connectivity index (χ1v) is 12.0. The van der Waals surface area contributed by atoms with Crippen LogP contribution in [-0.2, 0) is 16.0 Å². The van der Waals surface area contributed by atoms with Crippen molar-refractivity contribution in [2.24, 2.45) is 5.73 Å². The lowest BCUT2D eigenvalue weighted by Gasteiger charge is -2.28. The molecule has 0 unspecified atom stereocenters. The third-order valence-corrected chi connectivity index (χ3v) is 6.79. The van der Waals surface area contributed by atoms with E-state index in [1.54, 1.807) is 6.07 Å². The number of anilines is 1. The smallest absolute Gasteiger partial charge is 0.250 e. The number of amides is 1. The van der Waals surface area contributed by atoms with E-state index in [2.05, 4.69) is 38.0 Å². The third kappa shape index (κ3) is 4.34. The average Bonchev–Trinajstić information content (AvgIpc) is 3.27. The number of carbonyl (C=O) groups excluding carboxylic acids is 1. The first kappa shape index (κ1) is 22.0. The Kier molecular flexibility index (Phi) is 5.81. The topological polar surface area (TPSA) is 110 Å². The summed E-state index contributed by atoms with van der Waals surface area (Å²) in [6, 6.07) is 12.0. The zero-order chi connectivity index (χ0) is 23.8. The highest BCUT2D eigenvalue weighted by molar-refractivity contribution is 6.14. The summed E-state index contributed by atoms with van der Waals surface area (Å²) >= 11 is 0. The molecule has 9 heteroatoms. The first-order chi connectivity index (χ1) is 17.2. The number of hydrogen-bond acceptors (Lipinski definition) is 7. The second-order valence-electron chi connectivity index (χ2n) is 9.02. The standard InChI is InChI=1S/C26H28N6O3/c27-26(33)21-14-22(17-1-2-18(28-15-17)16-31-5-9-34-10-6-31)29-24-20-4-3-19(13-23(20)30-25(21)24)32-7-11-35-12-8-32/h1-4,13-15,30H,5-12,16H2,(H2,27,33). The molecule has 6 rings (SSSR count). The summed E-state index contributed by atoms with van der Waals surface area (Å²) in [6.07, 6.45) is 1.82. The summed E-state index contributed by atoms with van der Waals surface area (Å²) in [5, 5.41) is 0.957. The van der Waals surface area contributed by atoms with Crippen molar-refractivity contribution in [2.45, 2.75) is 6.54 Å². The molecule has 0 bridgehead atoms. The van der Waals surface area contributed by atoms with Crippen molar-refractivity contribution in [1.82, 2.24) is 19.9 Å². The van der Waals surface area contributed by atoms with Crippen LogP contribution in [0.3, 0.4) is 0 Å². The SMILES string of the molecule is NC(=O)c1cc(-c2ccc(CN3CCOCC3)nc2)nc2c1[nH]c1cc(N3CCOCC3)ccc12. The van der Waals surface area contributed by atoms with E-state index in [1.807, 2.05) is 18.3 Å². The number of nitrogens with zero attached hydrogens (tertiary/aromatic N) is 4. The van der Waals surface area contributed by atoms with Crippen LogP contribution in [0.25, 0.3) is 33.2 Å². The van der Waals surface area contributed by atoms with Crippen molar-refractivity contribution >= 4 is 33.5 Å². The van der Waals surface area contributed by atoms with Gasteiger partial charge in [-0.2, -0.15) is 0 Å². The zero-order valence-electron chi connectivity index (χ0n) is 19.5. The van der Waals surface area contributed by atoms with Gasteiger partial charge in [0, 0.05) is 55.6 Å². The minimum Gasteiger partial charge on any atom is -0.379 e. The molecule has 3 N–H and O–H groups in total. The molecule has 5 heterocycles. The van der Waals surface area contributed by atoms with Crippen LogP contribution >= 0.6 is 0 Å². The van der Waals surface area contributed by atoms with Crippen LogP contribution in [0.1, 0.15) is 16.1 Å². The van der Waals surface area contributed by atoms with Gasteiger partial charge in [0.25, 0.3) is 5.91 Å². The maximum Gasteiger partial charge on any atom is 0.250 e. The summed E-state index contributed by atoms with van der Waals surface area (Å²) in [7, 11) is 0. The Hall–Kier alpha value is -3.53. The molecule has 2 fully saturated rings. The number of morpholine rings is 2. The number of rotatable bonds is 5. The van der Waals surface area contributed by atoms with E-state index in [0.717, 1.165) is 92.5 Å². The van der Waals surface area contributed by atoms with Gasteiger partial charge in [0.05, 0.1) is 59.9 Å². The molecule has 1 amide bonds. The van der Waals surface area contributed by atoms with Gasteiger partial charge >= 0.3 is 0 Å². The van der Waals surface area contributed by atoms with E-state index in [4.69, 9.17) is 20.2 Å². The molecule has 35 heavy (non-hydrogen) atoms. The number of fused-ring (bicyclic) bond motifs is 3. The molecule has 0 spiro atoms. The van der Waals surface area contributed by atoms with Crippen molar-refractivity contribution < 1.29 is 14.3 Å². The number of primary amides is 1. The summed E-state index contributed by atoms with van der Waals surface area (Å²) in [5.41, 5.74) is 12.2. The Balaban J connectivity index is 1.36. The Morgan fingerprint density at radius 2 is 1.77 bits per heavy atom. The largest absolute Gasteiger partial charge is 0.379 e. The molecule has 2 aliphatic heterocycles. The van der Waals surface area contributed by atoms with Gasteiger partial charge in [-0.25, -0.2) is 4.98 Å². The average molecular weight is 473 g/mol. The Morgan fingerprint density at radius 1 is 1.00 bits per heavy atom. The highest BCUT2D eigenvalue weighted by atomic mass is 16.5. The maximum atomic E-state index is 12.4. The van der Waals surface area contributed by atoms with Crippen molar-refractivity contribution in [3.8, 4) is 11.3 Å². The van der Waals surface area contributed by atoms with E-state index >= 15 is 0 Å². The van der Waals surface area contributed by atoms with E-state index in [1.165, 1.54) is 0 Å². The molecule has 0 aliphatic carbocycles. The molecule has 2 saturated heterocycles. The molecule has 180 valence electrons. The van der Waals surface area contributed by atoms with Gasteiger partial charge in [-0.3, -0.25) is 14.7 Å². The molecular formula is C26H28N6O3. The number of H-pyrrole nitrogens is 1. The van der Waals surface area contributed by atoms with Crippen LogP contribution in [0.2, 0.25) is 0 Å². The third-order valence-electron chi connectivity index (χ3n) is 6.79. The van der Waals surface area contributed by atoms with Gasteiger partial charge in [-0.1, -0.05) is 0 Å². The van der Waals surface area contributed by atoms with Gasteiger partial charge < -0.3 is 25.1 Å². The number of nitrogens with two attached hydrogens (primary N) is 1. The van der Waals surface area contributed by atoms with Crippen LogP contribution < -0.4 is 10.6 Å². The molecule has 2 aliphatic rings. The van der Waals surface area contributed by atoms with Crippen molar-refractivity contribution in [1.29, 1.82) is 0 Å². The number of nitrogens with one attached hydrogen (secondary N) is 1. The number of carbonyl (C=O) groups is 1. The van der Waals surface area contributed by atoms with Crippen LogP contribution in [0.4, 0.5) is 5.69 Å². The number of hydrogen-bond donors (Lipinski definition) is 2. The van der Waals surface area contributed by atoms with E-state index in [9.17, 15) is 4.79 Å². The molecule has 9 nitrogen and oxygen atoms in total. The second kappa shape index (κ2) is 9.26. The van der Waals surface area contributed by atoms with Crippen molar-refractivity contribution in [3.05, 3.63) is 53.9 Å². The van der Waals surface area contributed by atoms with Crippen molar-refractivity contribution in [2.75, 3.05) is 57.5 Å². The predicted molar refractivity (Wildman–Crippen MR) is 134 cm³/mol. The van der Waals surface area contributed by atoms with Gasteiger partial charge in [0.2, 0.25) is 0 Å². The van der Waals surface area contributed by atoms with Gasteiger partial charge in [0.15, 0.2) is 0 Å². The second-order valence-corrected chi connectivity index (χ2v) is 9.02. The minimum absolute atomic E-state index is 0.423. The Morgan fingerprint density at radius 3 is 2.49 bits per heavy atom. The number of pyridine rings is 2. The van der Waals surface area contributed by atoms with Crippen LogP contribution in [-0.4, -0.2) is 78.4 Å². The molecular weight excluding hydrogens is 444 g/mol. The summed E-state index contributed by atoms with van der Waals surface area (Å²) in [5.74, 6) is -0.490. The quantitative estimate of drug-likeness (QED) is 0.459. The van der Waals surface area contributed by atoms with Crippen LogP contribution in [0.15, 0.2) is 42.6 Å². The maximum absolute atomic E-state index is 12.4. The van der Waals surface area contributed by atoms with Crippen molar-refractivity contribution in [3.63, 3.8) is 0 Å². The zero-order valence-corrected chi connectivity index (χ0v) is 19.5. The number of aromatic amines is 1. The van der Waals surface area contributed by atoms with Crippen LogP contribution in [0.5, 0.6) is 0 Å². The molecule has 3 aromatic heterocycles. The summed E-state index contributed by atoms with van der Waals surface area (Å²) in [6.45, 7) is 7.30. The molecule has 4 aromatic rings. The van der Waals surface area contributed by atoms with E-state index in [-0.39, 0.29) is 0 Å². The Labute approximate surface area is 202 Å². The lowest BCUT2D eigenvalue weighted by molar-refractivity contribution is 0.0336. The van der Waals surface area contributed by atoms with Gasteiger partial charge in [-0.15, -0.1) is 0 Å². The fraction of sp³-hybridized carbons (Fsp3) is 0.346. The van der Waals surface area contributed by atoms with Crippen LogP contribution in [0, 0.1) is 0 Å². The molecule has 0 saturated carbocycles. The number of aromatic nitrogens is 3. The van der Waals surface area contributed by atoms with Gasteiger partial charge in [0.1, 0.15) is 0 Å². The molecule has 0 radical (unpaired) electrons. The van der Waals surface area contributed by atoms with E-state index in [0.29, 0.717) is 16.8 Å². The Bertz CT molecular complexity index is 1370. The fourth-order valence-corrected chi connectivity index (χ4v) is 4.86. The summed E-state index contributed by atoms with van der Waals surface area (Å²) in [4.78, 5) is 30.0. The normalized spacial score (nSPS) is 17.3. The minimum atomic E-state index is -0.490. The molecule has 0 atom stereocenters. The first-order valence-electron chi connectivity index (χ1n) is 12.0.